The SMILES string of the molecule is Nc1ccccc1CCC(=O)Nc1ccc(OCC(F)(F)F)nc1. The second-order valence-corrected chi connectivity index (χ2v) is 5.04. The van der Waals surface area contributed by atoms with Crippen LogP contribution in [0.25, 0.3) is 0 Å². The summed E-state index contributed by atoms with van der Waals surface area (Å²) in [6.07, 6.45) is -2.48. The van der Waals surface area contributed by atoms with E-state index in [0.717, 1.165) is 5.56 Å². The molecule has 1 aromatic carbocycles. The van der Waals surface area contributed by atoms with Crippen LogP contribution < -0.4 is 15.8 Å². The number of amides is 1. The van der Waals surface area contributed by atoms with Crippen LogP contribution in [0.5, 0.6) is 5.88 Å². The van der Waals surface area contributed by atoms with Crippen LogP contribution in [-0.2, 0) is 11.2 Å². The normalized spacial score (nSPS) is 11.1. The summed E-state index contributed by atoms with van der Waals surface area (Å²) in [5.74, 6) is -0.411. The first-order valence-corrected chi connectivity index (χ1v) is 7.12. The fraction of sp³-hybridized carbons (Fsp3) is 0.250. The van der Waals surface area contributed by atoms with Crippen molar-refractivity contribution < 1.29 is 22.7 Å². The van der Waals surface area contributed by atoms with Gasteiger partial charge in [0.1, 0.15) is 0 Å². The number of halogens is 3. The number of pyridine rings is 1. The van der Waals surface area contributed by atoms with Gasteiger partial charge in [-0.05, 0) is 24.1 Å². The molecule has 0 aliphatic rings. The maximum Gasteiger partial charge on any atom is 0.422 e. The summed E-state index contributed by atoms with van der Waals surface area (Å²) in [5, 5.41) is 2.61. The van der Waals surface area contributed by atoms with Crippen LogP contribution in [0.4, 0.5) is 24.5 Å². The topological polar surface area (TPSA) is 77.2 Å². The third-order valence-electron chi connectivity index (χ3n) is 3.08. The Morgan fingerprint density at radius 3 is 2.58 bits per heavy atom. The fourth-order valence-electron chi connectivity index (χ4n) is 1.93. The molecule has 128 valence electrons. The molecule has 24 heavy (non-hydrogen) atoms. The second-order valence-electron chi connectivity index (χ2n) is 5.04. The number of aryl methyl sites for hydroxylation is 1. The molecule has 0 saturated carbocycles. The summed E-state index contributed by atoms with van der Waals surface area (Å²) in [6.45, 7) is -1.41. The molecule has 1 heterocycles. The average molecular weight is 339 g/mol. The van der Waals surface area contributed by atoms with Crippen LogP contribution in [0.1, 0.15) is 12.0 Å². The van der Waals surface area contributed by atoms with Gasteiger partial charge in [0.2, 0.25) is 11.8 Å². The van der Waals surface area contributed by atoms with Gasteiger partial charge < -0.3 is 15.8 Å². The Kier molecular flexibility index (Phi) is 5.62. The first kappa shape index (κ1) is 17.6. The standard InChI is InChI=1S/C16H16F3N3O2/c17-16(18,19)10-24-15-8-6-12(9-21-15)22-14(23)7-5-11-3-1-2-4-13(11)20/h1-4,6,8-9H,5,7,10,20H2,(H,22,23). The van der Waals surface area contributed by atoms with Crippen molar-refractivity contribution in [1.82, 2.24) is 4.98 Å². The second kappa shape index (κ2) is 7.67. The molecule has 8 heteroatoms. The number of nitrogens with one attached hydrogen (secondary N) is 1. The molecule has 0 fully saturated rings. The predicted octanol–water partition coefficient (Wildman–Crippen LogP) is 3.18. The predicted molar refractivity (Wildman–Crippen MR) is 83.6 cm³/mol. The van der Waals surface area contributed by atoms with Crippen molar-refractivity contribution in [2.45, 2.75) is 19.0 Å². The third-order valence-corrected chi connectivity index (χ3v) is 3.08. The van der Waals surface area contributed by atoms with E-state index < -0.39 is 12.8 Å². The molecule has 0 aliphatic carbocycles. The monoisotopic (exact) mass is 339 g/mol. The number of para-hydroxylation sites is 1. The number of nitrogen functional groups attached to an aromatic ring is 1. The Labute approximate surface area is 136 Å². The van der Waals surface area contributed by atoms with E-state index in [4.69, 9.17) is 5.73 Å². The van der Waals surface area contributed by atoms with Crippen LogP contribution >= 0.6 is 0 Å². The number of carbonyl (C=O) groups is 1. The molecule has 0 radical (unpaired) electrons. The van der Waals surface area contributed by atoms with Gasteiger partial charge in [0.05, 0.1) is 11.9 Å². The number of nitrogens with zero attached hydrogens (tertiary/aromatic N) is 1. The quantitative estimate of drug-likeness (QED) is 0.793. The van der Waals surface area contributed by atoms with Crippen LogP contribution in [0.2, 0.25) is 0 Å². The van der Waals surface area contributed by atoms with Crippen LogP contribution in [0.3, 0.4) is 0 Å². The number of rotatable bonds is 6. The maximum absolute atomic E-state index is 12.0. The zero-order chi connectivity index (χ0) is 17.6. The van der Waals surface area contributed by atoms with E-state index in [0.29, 0.717) is 17.8 Å². The smallest absolute Gasteiger partial charge is 0.422 e. The average Bonchev–Trinajstić information content (AvgIpc) is 2.53. The Balaban J connectivity index is 1.82. The Morgan fingerprint density at radius 2 is 1.96 bits per heavy atom. The molecule has 3 N–H and O–H groups in total. The minimum Gasteiger partial charge on any atom is -0.468 e. The summed E-state index contributed by atoms with van der Waals surface area (Å²) >= 11 is 0. The van der Waals surface area contributed by atoms with Crippen molar-refractivity contribution in [3.63, 3.8) is 0 Å². The third kappa shape index (κ3) is 5.79. The van der Waals surface area contributed by atoms with Crippen molar-refractivity contribution in [1.29, 1.82) is 0 Å². The summed E-state index contributed by atoms with van der Waals surface area (Å²) in [5.41, 5.74) is 7.67. The molecular weight excluding hydrogens is 323 g/mol. The first-order valence-electron chi connectivity index (χ1n) is 7.12. The molecule has 2 aromatic rings. The first-order chi connectivity index (χ1) is 11.3. The van der Waals surface area contributed by atoms with Gasteiger partial charge in [0.15, 0.2) is 6.61 Å². The number of aromatic nitrogens is 1. The number of hydrogen-bond donors (Lipinski definition) is 2. The largest absolute Gasteiger partial charge is 0.468 e. The lowest BCUT2D eigenvalue weighted by atomic mass is 10.1. The number of anilines is 2. The molecule has 0 saturated heterocycles. The van der Waals surface area contributed by atoms with Crippen molar-refractivity contribution in [2.75, 3.05) is 17.7 Å². The number of nitrogens with two attached hydrogens (primary N) is 1. The summed E-state index contributed by atoms with van der Waals surface area (Å²) in [6, 6.07) is 9.94. The molecule has 0 bridgehead atoms. The van der Waals surface area contributed by atoms with E-state index in [2.05, 4.69) is 15.0 Å². The highest BCUT2D eigenvalue weighted by Crippen LogP contribution is 2.18. The van der Waals surface area contributed by atoms with Gasteiger partial charge in [-0.15, -0.1) is 0 Å². The van der Waals surface area contributed by atoms with Gasteiger partial charge >= 0.3 is 6.18 Å². The van der Waals surface area contributed by atoms with Crippen molar-refractivity contribution in [3.8, 4) is 5.88 Å². The number of ether oxygens (including phenoxy) is 1. The summed E-state index contributed by atoms with van der Waals surface area (Å²) < 4.78 is 40.6. The highest BCUT2D eigenvalue weighted by Gasteiger charge is 2.28. The minimum atomic E-state index is -4.42. The van der Waals surface area contributed by atoms with E-state index in [9.17, 15) is 18.0 Å². The summed E-state index contributed by atoms with van der Waals surface area (Å²) in [7, 11) is 0. The molecule has 0 unspecified atom stereocenters. The van der Waals surface area contributed by atoms with Gasteiger partial charge in [0.25, 0.3) is 0 Å². The van der Waals surface area contributed by atoms with Gasteiger partial charge in [-0.25, -0.2) is 4.98 Å². The molecule has 1 aromatic heterocycles. The van der Waals surface area contributed by atoms with E-state index in [1.54, 1.807) is 6.07 Å². The van der Waals surface area contributed by atoms with E-state index in [1.165, 1.54) is 18.3 Å². The Bertz CT molecular complexity index is 688. The van der Waals surface area contributed by atoms with Crippen LogP contribution in [-0.4, -0.2) is 23.7 Å². The van der Waals surface area contributed by atoms with E-state index in [-0.39, 0.29) is 18.2 Å². The number of hydrogen-bond acceptors (Lipinski definition) is 4. The molecule has 0 atom stereocenters. The van der Waals surface area contributed by atoms with Crippen LogP contribution in [0, 0.1) is 0 Å². The van der Waals surface area contributed by atoms with Gasteiger partial charge in [-0.1, -0.05) is 18.2 Å². The Hall–Kier alpha value is -2.77. The number of carbonyl (C=O) groups excluding carboxylic acids is 1. The highest BCUT2D eigenvalue weighted by molar-refractivity contribution is 5.90. The van der Waals surface area contributed by atoms with E-state index >= 15 is 0 Å². The van der Waals surface area contributed by atoms with Crippen molar-refractivity contribution >= 4 is 17.3 Å². The molecule has 0 aliphatic heterocycles. The molecular formula is C16H16F3N3O2. The van der Waals surface area contributed by atoms with Crippen molar-refractivity contribution in [2.24, 2.45) is 0 Å². The van der Waals surface area contributed by atoms with Crippen molar-refractivity contribution in [3.05, 3.63) is 48.2 Å². The molecule has 2 rings (SSSR count). The molecule has 5 nitrogen and oxygen atoms in total. The highest BCUT2D eigenvalue weighted by atomic mass is 19.4. The fourth-order valence-corrected chi connectivity index (χ4v) is 1.93. The van der Waals surface area contributed by atoms with Crippen LogP contribution in [0.15, 0.2) is 42.6 Å². The lowest BCUT2D eigenvalue weighted by Gasteiger charge is -2.09. The molecule has 1 amide bonds. The maximum atomic E-state index is 12.0. The zero-order valence-corrected chi connectivity index (χ0v) is 12.6. The number of alkyl halides is 3. The Morgan fingerprint density at radius 1 is 1.21 bits per heavy atom. The van der Waals surface area contributed by atoms with Gasteiger partial charge in [-0.3, -0.25) is 4.79 Å². The lowest BCUT2D eigenvalue weighted by Crippen LogP contribution is -2.19. The zero-order valence-electron chi connectivity index (χ0n) is 12.6. The van der Waals surface area contributed by atoms with E-state index in [1.807, 2.05) is 18.2 Å². The van der Waals surface area contributed by atoms with Gasteiger partial charge in [-0.2, -0.15) is 13.2 Å². The lowest BCUT2D eigenvalue weighted by molar-refractivity contribution is -0.154. The molecule has 0 spiro atoms. The number of benzene rings is 1. The van der Waals surface area contributed by atoms with Gasteiger partial charge in [0, 0.05) is 18.2 Å². The minimum absolute atomic E-state index is 0.164. The summed E-state index contributed by atoms with van der Waals surface area (Å²) in [4.78, 5) is 15.6.